The Bertz CT molecular complexity index is 1460. The highest BCUT2D eigenvalue weighted by molar-refractivity contribution is 7.91. The fourth-order valence-corrected chi connectivity index (χ4v) is 7.97. The predicted molar refractivity (Wildman–Crippen MR) is 152 cm³/mol. The zero-order valence-corrected chi connectivity index (χ0v) is 25.0. The van der Waals surface area contributed by atoms with Gasteiger partial charge in [0.05, 0.1) is 16.2 Å². The van der Waals surface area contributed by atoms with Crippen LogP contribution in [0.25, 0.3) is 0 Å². The summed E-state index contributed by atoms with van der Waals surface area (Å²) in [7, 11) is -3.79. The van der Waals surface area contributed by atoms with E-state index in [1.807, 2.05) is 0 Å². The minimum atomic E-state index is -4.63. The van der Waals surface area contributed by atoms with Gasteiger partial charge in [0.15, 0.2) is 9.84 Å². The molecule has 2 N–H and O–H groups in total. The van der Waals surface area contributed by atoms with Gasteiger partial charge in [0.2, 0.25) is 5.91 Å². The fourth-order valence-electron chi connectivity index (χ4n) is 6.29. The molecule has 0 unspecified atom stereocenters. The number of likely N-dealkylation sites (tertiary alicyclic amines) is 1. The first-order valence-electron chi connectivity index (χ1n) is 14.1. The predicted octanol–water partition coefficient (Wildman–Crippen LogP) is 4.83. The molecule has 1 aliphatic carbocycles. The SMILES string of the molecule is CC(C)(C)N(C(=O)O)[C@@H]1CC[C@H](N2CC[C@H](NC(=O)c3cccc(C(F)(F)F)c3)C2=O)[C@H](CS(=O)(=O)c2ccccc2)C1. The Balaban J connectivity index is 1.56. The number of benzene rings is 2. The highest BCUT2D eigenvalue weighted by atomic mass is 32.2. The minimum Gasteiger partial charge on any atom is -0.465 e. The molecule has 1 saturated carbocycles. The molecule has 0 radical (unpaired) electrons. The van der Waals surface area contributed by atoms with E-state index in [0.29, 0.717) is 12.8 Å². The first-order chi connectivity index (χ1) is 20.0. The van der Waals surface area contributed by atoms with Crippen LogP contribution in [0.15, 0.2) is 59.5 Å². The maximum absolute atomic E-state index is 13.5. The van der Waals surface area contributed by atoms with Crippen LogP contribution in [0.3, 0.4) is 0 Å². The van der Waals surface area contributed by atoms with Crippen LogP contribution in [0, 0.1) is 5.92 Å². The quantitative estimate of drug-likeness (QED) is 0.456. The Hall–Kier alpha value is -3.61. The first-order valence-corrected chi connectivity index (χ1v) is 15.7. The summed E-state index contributed by atoms with van der Waals surface area (Å²) in [6.45, 7) is 5.52. The van der Waals surface area contributed by atoms with Gasteiger partial charge in [-0.25, -0.2) is 13.2 Å². The second-order valence-electron chi connectivity index (χ2n) is 12.1. The van der Waals surface area contributed by atoms with E-state index in [0.717, 1.165) is 18.2 Å². The third kappa shape index (κ3) is 7.31. The summed E-state index contributed by atoms with van der Waals surface area (Å²) in [5.74, 6) is -2.17. The third-order valence-corrected chi connectivity index (χ3v) is 10.00. The molecule has 2 aromatic carbocycles. The molecule has 0 aromatic heterocycles. The van der Waals surface area contributed by atoms with E-state index in [-0.39, 0.29) is 35.6 Å². The molecule has 0 bridgehead atoms. The first kappa shape index (κ1) is 32.3. The molecule has 43 heavy (non-hydrogen) atoms. The van der Waals surface area contributed by atoms with E-state index in [1.165, 1.54) is 23.1 Å². The van der Waals surface area contributed by atoms with E-state index in [1.54, 1.807) is 43.9 Å². The summed E-state index contributed by atoms with van der Waals surface area (Å²) in [4.78, 5) is 41.6. The molecule has 1 aliphatic heterocycles. The van der Waals surface area contributed by atoms with Crippen molar-refractivity contribution in [3.05, 3.63) is 65.7 Å². The summed E-state index contributed by atoms with van der Waals surface area (Å²) in [5, 5.41) is 12.5. The number of rotatable bonds is 7. The molecule has 2 fully saturated rings. The van der Waals surface area contributed by atoms with Gasteiger partial charge in [-0.05, 0) is 82.7 Å². The Labute approximate surface area is 249 Å². The van der Waals surface area contributed by atoms with E-state index in [2.05, 4.69) is 5.32 Å². The Morgan fingerprint density at radius 1 is 1.02 bits per heavy atom. The lowest BCUT2D eigenvalue weighted by atomic mass is 9.80. The van der Waals surface area contributed by atoms with Gasteiger partial charge >= 0.3 is 12.3 Å². The van der Waals surface area contributed by atoms with Crippen molar-refractivity contribution in [1.29, 1.82) is 0 Å². The van der Waals surface area contributed by atoms with Crippen LogP contribution in [0.4, 0.5) is 18.0 Å². The number of carbonyl (C=O) groups excluding carboxylic acids is 2. The molecular weight excluding hydrogens is 587 g/mol. The van der Waals surface area contributed by atoms with Crippen molar-refractivity contribution in [3.8, 4) is 0 Å². The van der Waals surface area contributed by atoms with Gasteiger partial charge in [0.25, 0.3) is 5.91 Å². The number of alkyl halides is 3. The van der Waals surface area contributed by atoms with Crippen LogP contribution in [0.1, 0.15) is 62.4 Å². The number of halogens is 3. The van der Waals surface area contributed by atoms with Crippen LogP contribution in [0.5, 0.6) is 0 Å². The molecule has 2 aromatic rings. The van der Waals surface area contributed by atoms with Gasteiger partial charge in [-0.3, -0.25) is 9.59 Å². The molecule has 1 saturated heterocycles. The zero-order chi connectivity index (χ0) is 31.7. The summed E-state index contributed by atoms with van der Waals surface area (Å²) < 4.78 is 66.3. The molecular formula is C30H36F3N3O6S. The number of carboxylic acid groups (broad SMARTS) is 1. The van der Waals surface area contributed by atoms with Crippen LogP contribution in [-0.2, 0) is 20.8 Å². The molecule has 234 valence electrons. The molecule has 9 nitrogen and oxygen atoms in total. The minimum absolute atomic E-state index is 0.126. The number of hydrogen-bond acceptors (Lipinski definition) is 5. The van der Waals surface area contributed by atoms with Gasteiger partial charge in [0, 0.05) is 29.7 Å². The fraction of sp³-hybridized carbons (Fsp3) is 0.500. The van der Waals surface area contributed by atoms with Crippen molar-refractivity contribution in [1.82, 2.24) is 15.1 Å². The Kier molecular flexibility index (Phi) is 9.15. The lowest BCUT2D eigenvalue weighted by Crippen LogP contribution is -2.57. The molecule has 4 rings (SSSR count). The smallest absolute Gasteiger partial charge is 0.416 e. The Morgan fingerprint density at radius 2 is 1.70 bits per heavy atom. The molecule has 3 amide bonds. The van der Waals surface area contributed by atoms with Gasteiger partial charge < -0.3 is 20.2 Å². The van der Waals surface area contributed by atoms with Crippen LogP contribution in [0.2, 0.25) is 0 Å². The van der Waals surface area contributed by atoms with Gasteiger partial charge in [0.1, 0.15) is 6.04 Å². The topological polar surface area (TPSA) is 124 Å². The number of carbonyl (C=O) groups is 3. The largest absolute Gasteiger partial charge is 0.465 e. The van der Waals surface area contributed by atoms with Crippen molar-refractivity contribution >= 4 is 27.7 Å². The van der Waals surface area contributed by atoms with E-state index >= 15 is 0 Å². The number of nitrogens with zero attached hydrogens (tertiary/aromatic N) is 2. The monoisotopic (exact) mass is 623 g/mol. The Morgan fingerprint density at radius 3 is 2.30 bits per heavy atom. The van der Waals surface area contributed by atoms with Gasteiger partial charge in [-0.2, -0.15) is 13.2 Å². The number of amides is 3. The van der Waals surface area contributed by atoms with E-state index in [9.17, 15) is 41.1 Å². The highest BCUT2D eigenvalue weighted by Gasteiger charge is 2.46. The maximum atomic E-state index is 13.5. The van der Waals surface area contributed by atoms with Gasteiger partial charge in [-0.1, -0.05) is 24.3 Å². The highest BCUT2D eigenvalue weighted by Crippen LogP contribution is 2.38. The van der Waals surface area contributed by atoms with Crippen molar-refractivity contribution in [2.24, 2.45) is 5.92 Å². The van der Waals surface area contributed by atoms with Crippen molar-refractivity contribution < 1.29 is 41.1 Å². The lowest BCUT2D eigenvalue weighted by molar-refractivity contribution is -0.137. The summed E-state index contributed by atoms with van der Waals surface area (Å²) in [5.41, 5.74) is -1.96. The normalized spacial score (nSPS) is 23.2. The summed E-state index contributed by atoms with van der Waals surface area (Å²) >= 11 is 0. The van der Waals surface area contributed by atoms with Gasteiger partial charge in [-0.15, -0.1) is 0 Å². The van der Waals surface area contributed by atoms with E-state index in [4.69, 9.17) is 0 Å². The summed E-state index contributed by atoms with van der Waals surface area (Å²) in [6, 6.07) is 9.83. The lowest BCUT2D eigenvalue weighted by Gasteiger charge is -2.47. The maximum Gasteiger partial charge on any atom is 0.416 e. The average Bonchev–Trinajstić information content (AvgIpc) is 3.27. The molecule has 1 heterocycles. The average molecular weight is 624 g/mol. The van der Waals surface area contributed by atoms with Crippen molar-refractivity contribution in [3.63, 3.8) is 0 Å². The number of nitrogens with one attached hydrogen (secondary N) is 1. The molecule has 4 atom stereocenters. The number of sulfone groups is 1. The van der Waals surface area contributed by atoms with Crippen LogP contribution in [-0.4, -0.2) is 77.2 Å². The standard InChI is InChI=1S/C30H36F3N3O6S/c1-29(2,3)36(28(39)40)22-12-13-25(20(17-22)18-43(41,42)23-10-5-4-6-11-23)35-15-14-24(27(35)38)34-26(37)19-8-7-9-21(16-19)30(31,32)33/h4-11,16,20,22,24-25H,12-15,17-18H2,1-3H3,(H,34,37)(H,39,40)/t20-,22+,24-,25-/m0/s1. The van der Waals surface area contributed by atoms with E-state index < -0.39 is 69.1 Å². The van der Waals surface area contributed by atoms with Crippen LogP contribution >= 0.6 is 0 Å². The van der Waals surface area contributed by atoms with Crippen molar-refractivity contribution in [2.45, 2.75) is 81.2 Å². The molecule has 0 spiro atoms. The summed E-state index contributed by atoms with van der Waals surface area (Å²) in [6.07, 6.45) is -4.58. The second-order valence-corrected chi connectivity index (χ2v) is 14.2. The zero-order valence-electron chi connectivity index (χ0n) is 24.2. The second kappa shape index (κ2) is 12.2. The molecule has 2 aliphatic rings. The van der Waals surface area contributed by atoms with Crippen LogP contribution < -0.4 is 5.32 Å². The number of hydrogen-bond donors (Lipinski definition) is 2. The van der Waals surface area contributed by atoms with Crippen molar-refractivity contribution in [2.75, 3.05) is 12.3 Å². The third-order valence-electron chi connectivity index (χ3n) is 8.14. The molecule has 13 heteroatoms.